The first-order valence-electron chi connectivity index (χ1n) is 6.49. The first kappa shape index (κ1) is 14.8. The monoisotopic (exact) mass is 292 g/mol. The zero-order valence-electron chi connectivity index (χ0n) is 11.6. The average molecular weight is 292 g/mol. The summed E-state index contributed by atoms with van der Waals surface area (Å²) >= 11 is 0. The predicted molar refractivity (Wildman–Crippen MR) is 72.3 cm³/mol. The van der Waals surface area contributed by atoms with E-state index in [0.29, 0.717) is 13.0 Å². The van der Waals surface area contributed by atoms with Gasteiger partial charge in [-0.1, -0.05) is 30.3 Å². The van der Waals surface area contributed by atoms with Crippen molar-refractivity contribution in [1.82, 2.24) is 10.2 Å². The molecule has 1 saturated heterocycles. The molecule has 1 atom stereocenters. The van der Waals surface area contributed by atoms with Crippen LogP contribution in [0.25, 0.3) is 0 Å². The lowest BCUT2D eigenvalue weighted by atomic mass is 10.1. The predicted octanol–water partition coefficient (Wildman–Crippen LogP) is 1.28. The van der Waals surface area contributed by atoms with Gasteiger partial charge >= 0.3 is 18.1 Å². The highest BCUT2D eigenvalue weighted by Gasteiger charge is 2.39. The number of nitrogens with zero attached hydrogens (tertiary/aromatic N) is 1. The second kappa shape index (κ2) is 6.74. The summed E-state index contributed by atoms with van der Waals surface area (Å²) in [6, 6.07) is 7.45. The number of ether oxygens (including phenoxy) is 2. The molecule has 0 bridgehead atoms. The largest absolute Gasteiger partial charge is 0.467 e. The number of hydrogen-bond acceptors (Lipinski definition) is 5. The molecule has 1 fully saturated rings. The van der Waals surface area contributed by atoms with Gasteiger partial charge in [0.1, 0.15) is 12.6 Å². The summed E-state index contributed by atoms with van der Waals surface area (Å²) in [5.74, 6) is -0.637. The number of esters is 1. The Hall–Kier alpha value is -2.57. The summed E-state index contributed by atoms with van der Waals surface area (Å²) in [4.78, 5) is 36.2. The van der Waals surface area contributed by atoms with E-state index in [1.54, 1.807) is 12.1 Å². The van der Waals surface area contributed by atoms with E-state index in [2.05, 4.69) is 10.1 Å². The van der Waals surface area contributed by atoms with Crippen molar-refractivity contribution in [3.8, 4) is 0 Å². The molecule has 1 aliphatic rings. The normalized spacial score (nSPS) is 17.9. The van der Waals surface area contributed by atoms with Gasteiger partial charge in [0.05, 0.1) is 7.11 Å². The first-order valence-corrected chi connectivity index (χ1v) is 6.49. The van der Waals surface area contributed by atoms with Crippen LogP contribution in [0, 0.1) is 0 Å². The molecule has 0 spiro atoms. The summed E-state index contributed by atoms with van der Waals surface area (Å²) < 4.78 is 9.69. The SMILES string of the molecule is COC(=O)[C@@H]1CCNC(=O)N1C(=O)OCc1ccccc1. The minimum absolute atomic E-state index is 0.0251. The first-order chi connectivity index (χ1) is 10.1. The van der Waals surface area contributed by atoms with Gasteiger partial charge in [-0.3, -0.25) is 0 Å². The molecule has 0 radical (unpaired) electrons. The molecule has 7 heteroatoms. The molecule has 1 heterocycles. The van der Waals surface area contributed by atoms with E-state index in [-0.39, 0.29) is 6.61 Å². The quantitative estimate of drug-likeness (QED) is 0.848. The van der Waals surface area contributed by atoms with Crippen LogP contribution in [0.15, 0.2) is 30.3 Å². The molecule has 21 heavy (non-hydrogen) atoms. The van der Waals surface area contributed by atoms with E-state index in [4.69, 9.17) is 4.74 Å². The van der Waals surface area contributed by atoms with Crippen LogP contribution in [0.4, 0.5) is 9.59 Å². The van der Waals surface area contributed by atoms with Gasteiger partial charge in [0, 0.05) is 6.54 Å². The van der Waals surface area contributed by atoms with E-state index < -0.39 is 24.1 Å². The Bertz CT molecular complexity index is 531. The van der Waals surface area contributed by atoms with E-state index in [1.807, 2.05) is 18.2 Å². The van der Waals surface area contributed by atoms with Crippen molar-refractivity contribution in [3.05, 3.63) is 35.9 Å². The summed E-state index contributed by atoms with van der Waals surface area (Å²) in [5.41, 5.74) is 0.790. The van der Waals surface area contributed by atoms with Crippen molar-refractivity contribution in [3.63, 3.8) is 0 Å². The number of hydrogen-bond donors (Lipinski definition) is 1. The maximum Gasteiger partial charge on any atom is 0.419 e. The number of carbonyl (C=O) groups excluding carboxylic acids is 3. The third kappa shape index (κ3) is 3.50. The molecule has 1 N–H and O–H groups in total. The van der Waals surface area contributed by atoms with Gasteiger partial charge in [0.2, 0.25) is 0 Å². The van der Waals surface area contributed by atoms with Crippen molar-refractivity contribution in [2.75, 3.05) is 13.7 Å². The Labute approximate surface area is 121 Å². The van der Waals surface area contributed by atoms with Crippen LogP contribution >= 0.6 is 0 Å². The van der Waals surface area contributed by atoms with Crippen molar-refractivity contribution in [2.45, 2.75) is 19.1 Å². The van der Waals surface area contributed by atoms with Crippen LogP contribution < -0.4 is 5.32 Å². The topological polar surface area (TPSA) is 84.9 Å². The molecular formula is C14H16N2O5. The van der Waals surface area contributed by atoms with Crippen LogP contribution in [0.2, 0.25) is 0 Å². The van der Waals surface area contributed by atoms with E-state index in [0.717, 1.165) is 10.5 Å². The maximum atomic E-state index is 12.0. The number of imide groups is 1. The summed E-state index contributed by atoms with van der Waals surface area (Å²) in [6.07, 6.45) is -0.578. The summed E-state index contributed by atoms with van der Waals surface area (Å²) in [6.45, 7) is 0.332. The zero-order valence-corrected chi connectivity index (χ0v) is 11.6. The number of rotatable bonds is 3. The zero-order chi connectivity index (χ0) is 15.2. The number of amides is 3. The van der Waals surface area contributed by atoms with Crippen LogP contribution in [0.1, 0.15) is 12.0 Å². The van der Waals surface area contributed by atoms with Crippen LogP contribution in [0.5, 0.6) is 0 Å². The van der Waals surface area contributed by atoms with Gasteiger partial charge in [-0.05, 0) is 12.0 Å². The smallest absolute Gasteiger partial charge is 0.419 e. The lowest BCUT2D eigenvalue weighted by Gasteiger charge is -2.31. The molecule has 3 amide bonds. The molecule has 0 unspecified atom stereocenters. The van der Waals surface area contributed by atoms with Gasteiger partial charge in [0.15, 0.2) is 0 Å². The molecule has 0 saturated carbocycles. The van der Waals surface area contributed by atoms with Crippen molar-refractivity contribution < 1.29 is 23.9 Å². The fourth-order valence-corrected chi connectivity index (χ4v) is 2.03. The number of benzene rings is 1. The molecule has 7 nitrogen and oxygen atoms in total. The minimum Gasteiger partial charge on any atom is -0.467 e. The summed E-state index contributed by atoms with van der Waals surface area (Å²) in [5, 5.41) is 2.50. The lowest BCUT2D eigenvalue weighted by Crippen LogP contribution is -2.58. The molecule has 112 valence electrons. The fraction of sp³-hybridized carbons (Fsp3) is 0.357. The molecule has 1 aliphatic heterocycles. The van der Waals surface area contributed by atoms with Crippen LogP contribution in [-0.2, 0) is 20.9 Å². The van der Waals surface area contributed by atoms with Crippen molar-refractivity contribution in [2.24, 2.45) is 0 Å². The van der Waals surface area contributed by atoms with Crippen LogP contribution in [-0.4, -0.2) is 42.7 Å². The van der Waals surface area contributed by atoms with Gasteiger partial charge in [0.25, 0.3) is 0 Å². The lowest BCUT2D eigenvalue weighted by molar-refractivity contribution is -0.146. The molecule has 2 rings (SSSR count). The molecule has 1 aromatic carbocycles. The fourth-order valence-electron chi connectivity index (χ4n) is 2.03. The highest BCUT2D eigenvalue weighted by atomic mass is 16.6. The van der Waals surface area contributed by atoms with Gasteiger partial charge in [-0.25, -0.2) is 19.3 Å². The third-order valence-electron chi connectivity index (χ3n) is 3.10. The van der Waals surface area contributed by atoms with Crippen LogP contribution in [0.3, 0.4) is 0 Å². The second-order valence-corrected chi connectivity index (χ2v) is 4.47. The van der Waals surface area contributed by atoms with Gasteiger partial charge in [-0.15, -0.1) is 0 Å². The molecule has 0 aliphatic carbocycles. The third-order valence-corrected chi connectivity index (χ3v) is 3.10. The Morgan fingerprint density at radius 1 is 1.33 bits per heavy atom. The highest BCUT2D eigenvalue weighted by molar-refractivity contribution is 5.96. The maximum absolute atomic E-state index is 12.0. The standard InChI is InChI=1S/C14H16N2O5/c1-20-12(17)11-7-8-15-13(18)16(11)14(19)21-9-10-5-3-2-4-6-10/h2-6,11H,7-9H2,1H3,(H,15,18)/t11-/m0/s1. The van der Waals surface area contributed by atoms with Crippen molar-refractivity contribution >= 4 is 18.1 Å². The molecule has 1 aromatic rings. The number of carbonyl (C=O) groups is 3. The van der Waals surface area contributed by atoms with E-state index in [9.17, 15) is 14.4 Å². The highest BCUT2D eigenvalue weighted by Crippen LogP contribution is 2.14. The second-order valence-electron chi connectivity index (χ2n) is 4.47. The Balaban J connectivity index is 2.03. The summed E-state index contributed by atoms with van der Waals surface area (Å²) in [7, 11) is 1.21. The molecule has 0 aromatic heterocycles. The number of nitrogens with one attached hydrogen (secondary N) is 1. The van der Waals surface area contributed by atoms with Crippen molar-refractivity contribution in [1.29, 1.82) is 0 Å². The Morgan fingerprint density at radius 2 is 2.05 bits per heavy atom. The Kier molecular flexibility index (Phi) is 4.76. The van der Waals surface area contributed by atoms with E-state index >= 15 is 0 Å². The van der Waals surface area contributed by atoms with Gasteiger partial charge < -0.3 is 14.8 Å². The number of methoxy groups -OCH3 is 1. The Morgan fingerprint density at radius 3 is 2.71 bits per heavy atom. The molecular weight excluding hydrogens is 276 g/mol. The number of urea groups is 1. The minimum atomic E-state index is -0.952. The average Bonchev–Trinajstić information content (AvgIpc) is 2.52. The van der Waals surface area contributed by atoms with Gasteiger partial charge in [-0.2, -0.15) is 0 Å². The van der Waals surface area contributed by atoms with E-state index in [1.165, 1.54) is 7.11 Å².